The number of guanidine groups is 4. The minimum Gasteiger partial charge on any atom is -0.370 e. The van der Waals surface area contributed by atoms with Crippen LogP contribution in [0.4, 0.5) is 0 Å². The summed E-state index contributed by atoms with van der Waals surface area (Å²) in [6, 6.07) is 0.837. The number of nitrogens with one attached hydrogen (secondary N) is 2. The summed E-state index contributed by atoms with van der Waals surface area (Å²) in [7, 11) is 5.53. The van der Waals surface area contributed by atoms with E-state index in [4.69, 9.17) is 22.2 Å². The van der Waals surface area contributed by atoms with E-state index >= 15 is 0 Å². The topological polar surface area (TPSA) is 155 Å². The molecule has 0 aromatic heterocycles. The fraction of sp³-hybridized carbons (Fsp3) is 0.789. The van der Waals surface area contributed by atoms with E-state index in [9.17, 15) is 0 Å². The van der Waals surface area contributed by atoms with Crippen molar-refractivity contribution in [2.24, 2.45) is 37.2 Å². The summed E-state index contributed by atoms with van der Waals surface area (Å²) < 4.78 is 0. The molecular weight excluding hydrogens is 368 g/mol. The van der Waals surface area contributed by atoms with Crippen LogP contribution in [-0.4, -0.2) is 68.0 Å². The highest BCUT2D eigenvalue weighted by atomic mass is 15.3. The van der Waals surface area contributed by atoms with Crippen molar-refractivity contribution in [1.29, 1.82) is 0 Å². The third-order valence-corrected chi connectivity index (χ3v) is 5.35. The van der Waals surface area contributed by atoms with Gasteiger partial charge in [-0.2, -0.15) is 9.98 Å². The molecule has 2 fully saturated rings. The molecule has 10 heteroatoms. The zero-order valence-electron chi connectivity index (χ0n) is 18.1. The fourth-order valence-corrected chi connectivity index (χ4v) is 3.67. The van der Waals surface area contributed by atoms with Crippen LogP contribution in [0.3, 0.4) is 0 Å². The van der Waals surface area contributed by atoms with E-state index in [1.54, 1.807) is 11.9 Å². The van der Waals surface area contributed by atoms with Crippen molar-refractivity contribution in [2.75, 3.05) is 21.1 Å². The van der Waals surface area contributed by atoms with Crippen molar-refractivity contribution >= 4 is 23.8 Å². The van der Waals surface area contributed by atoms with E-state index in [0.717, 1.165) is 38.5 Å². The van der Waals surface area contributed by atoms with Crippen LogP contribution in [-0.2, 0) is 0 Å². The second-order valence-corrected chi connectivity index (χ2v) is 8.00. The van der Waals surface area contributed by atoms with Crippen LogP contribution >= 0.6 is 0 Å². The maximum absolute atomic E-state index is 6.06. The first-order valence-electron chi connectivity index (χ1n) is 10.6. The zero-order valence-corrected chi connectivity index (χ0v) is 18.1. The van der Waals surface area contributed by atoms with Crippen LogP contribution < -0.4 is 27.8 Å². The number of hydrogen-bond donors (Lipinski definition) is 5. The van der Waals surface area contributed by atoms with Gasteiger partial charge in [-0.25, -0.2) is 9.98 Å². The Morgan fingerprint density at radius 3 is 1.83 bits per heavy atom. The van der Waals surface area contributed by atoms with Gasteiger partial charge in [-0.1, -0.05) is 19.3 Å². The normalized spacial score (nSPS) is 24.7. The standard InChI is InChI=1S/C19H38N10/c1-23-18(27-16(20)21)24-14-9-11-15(12-10-14)26-19(28-17(22)29(2)3)25-13-7-5-4-6-8-13/h13-15H,4-12H2,1-3H3,(H3,22,25,26,28)(H5,20,21,23,24,27). The van der Waals surface area contributed by atoms with Gasteiger partial charge in [-0.05, 0) is 38.5 Å². The number of rotatable bonds is 3. The quantitative estimate of drug-likeness (QED) is 0.335. The zero-order chi connectivity index (χ0) is 21.2. The number of nitrogens with zero attached hydrogens (tertiary/aromatic N) is 5. The lowest BCUT2D eigenvalue weighted by molar-refractivity contribution is 0.390. The molecule has 0 heterocycles. The lowest BCUT2D eigenvalue weighted by Gasteiger charge is -2.27. The minimum atomic E-state index is 0.00570. The van der Waals surface area contributed by atoms with Crippen molar-refractivity contribution < 1.29 is 0 Å². The molecule has 0 amide bonds. The number of hydrogen-bond acceptors (Lipinski definition) is 2. The first kappa shape index (κ1) is 22.8. The van der Waals surface area contributed by atoms with E-state index in [2.05, 4.69) is 25.6 Å². The number of nitrogens with two attached hydrogens (primary N) is 3. The third-order valence-electron chi connectivity index (χ3n) is 5.35. The molecule has 2 aliphatic rings. The molecule has 10 nitrogen and oxygen atoms in total. The molecule has 0 saturated heterocycles. The van der Waals surface area contributed by atoms with Crippen molar-refractivity contribution in [3.05, 3.63) is 0 Å². The highest BCUT2D eigenvalue weighted by Gasteiger charge is 2.22. The first-order valence-corrected chi connectivity index (χ1v) is 10.6. The lowest BCUT2D eigenvalue weighted by atomic mass is 9.92. The van der Waals surface area contributed by atoms with Crippen LogP contribution in [0, 0.1) is 0 Å². The average Bonchev–Trinajstić information content (AvgIpc) is 2.69. The summed E-state index contributed by atoms with van der Waals surface area (Å²) in [5.74, 6) is 1.60. The molecule has 0 aromatic carbocycles. The molecule has 164 valence electrons. The Labute approximate surface area is 174 Å². The van der Waals surface area contributed by atoms with Crippen LogP contribution in [0.5, 0.6) is 0 Å². The number of aliphatic imine (C=N–C) groups is 4. The van der Waals surface area contributed by atoms with Gasteiger partial charge >= 0.3 is 0 Å². The Bertz CT molecular complexity index is 619. The molecular formula is C19H38N10. The van der Waals surface area contributed by atoms with E-state index in [1.807, 2.05) is 14.1 Å². The van der Waals surface area contributed by atoms with Gasteiger partial charge in [-0.3, -0.25) is 0 Å². The maximum atomic E-state index is 6.06. The van der Waals surface area contributed by atoms with Crippen LogP contribution in [0.1, 0.15) is 57.8 Å². The Balaban J connectivity index is 2.02. The Hall–Kier alpha value is -2.52. The smallest absolute Gasteiger partial charge is 0.221 e. The van der Waals surface area contributed by atoms with Gasteiger partial charge < -0.3 is 32.7 Å². The Morgan fingerprint density at radius 1 is 0.793 bits per heavy atom. The summed E-state index contributed by atoms with van der Waals surface area (Å²) in [4.78, 5) is 19.9. The molecule has 2 rings (SSSR count). The first-order chi connectivity index (χ1) is 13.9. The van der Waals surface area contributed by atoms with E-state index < -0.39 is 0 Å². The van der Waals surface area contributed by atoms with E-state index in [1.165, 1.54) is 19.3 Å². The molecule has 29 heavy (non-hydrogen) atoms. The van der Waals surface area contributed by atoms with Crippen molar-refractivity contribution in [2.45, 2.75) is 75.9 Å². The van der Waals surface area contributed by atoms with Crippen molar-refractivity contribution in [1.82, 2.24) is 15.5 Å². The van der Waals surface area contributed by atoms with Crippen LogP contribution in [0.15, 0.2) is 20.0 Å². The molecule has 0 spiro atoms. The third kappa shape index (κ3) is 8.16. The molecule has 0 aromatic rings. The monoisotopic (exact) mass is 406 g/mol. The Kier molecular flexibility index (Phi) is 9.01. The minimum absolute atomic E-state index is 0.00570. The van der Waals surface area contributed by atoms with Gasteiger partial charge in [0.25, 0.3) is 0 Å². The van der Waals surface area contributed by atoms with Gasteiger partial charge in [0.2, 0.25) is 11.9 Å². The molecule has 0 atom stereocenters. The van der Waals surface area contributed by atoms with Crippen LogP contribution in [0.2, 0.25) is 0 Å². The summed E-state index contributed by atoms with van der Waals surface area (Å²) in [6.45, 7) is 0. The second-order valence-electron chi connectivity index (χ2n) is 8.00. The molecule has 2 aliphatic carbocycles. The summed E-state index contributed by atoms with van der Waals surface area (Å²) in [5, 5.41) is 6.47. The Morgan fingerprint density at radius 2 is 1.34 bits per heavy atom. The second kappa shape index (κ2) is 11.5. The highest BCUT2D eigenvalue weighted by molar-refractivity contribution is 5.94. The average molecular weight is 407 g/mol. The van der Waals surface area contributed by atoms with Gasteiger partial charge in [0.05, 0.1) is 12.1 Å². The molecule has 2 saturated carbocycles. The molecule has 0 aliphatic heterocycles. The van der Waals surface area contributed by atoms with Crippen LogP contribution in [0.25, 0.3) is 0 Å². The largest absolute Gasteiger partial charge is 0.370 e. The lowest BCUT2D eigenvalue weighted by Crippen LogP contribution is -2.39. The van der Waals surface area contributed by atoms with E-state index in [-0.39, 0.29) is 18.0 Å². The van der Waals surface area contributed by atoms with Crippen molar-refractivity contribution in [3.63, 3.8) is 0 Å². The molecule has 8 N–H and O–H groups in total. The molecule has 0 bridgehead atoms. The summed E-state index contributed by atoms with van der Waals surface area (Å²) >= 11 is 0. The maximum Gasteiger partial charge on any atom is 0.221 e. The highest BCUT2D eigenvalue weighted by Crippen LogP contribution is 2.24. The van der Waals surface area contributed by atoms with Crippen molar-refractivity contribution in [3.8, 4) is 0 Å². The van der Waals surface area contributed by atoms with Gasteiger partial charge in [0.1, 0.15) is 0 Å². The summed E-state index contributed by atoms with van der Waals surface area (Å²) in [5.41, 5.74) is 16.9. The SMILES string of the molecule is CNC(N=C(N)N)=NC1CCC(N=C(N=C(N)N(C)C)NC2CCCCC2)CC1. The predicted octanol–water partition coefficient (Wildman–Crippen LogP) is 0.301. The van der Waals surface area contributed by atoms with E-state index in [0.29, 0.717) is 23.9 Å². The van der Waals surface area contributed by atoms with Gasteiger partial charge in [0.15, 0.2) is 11.9 Å². The summed E-state index contributed by atoms with van der Waals surface area (Å²) in [6.07, 6.45) is 9.90. The molecule has 0 radical (unpaired) electrons. The predicted molar refractivity (Wildman–Crippen MR) is 121 cm³/mol. The van der Waals surface area contributed by atoms with Gasteiger partial charge in [0, 0.05) is 27.2 Å². The molecule has 0 unspecified atom stereocenters. The van der Waals surface area contributed by atoms with Gasteiger partial charge in [-0.15, -0.1) is 0 Å². The fourth-order valence-electron chi connectivity index (χ4n) is 3.67.